The molecule has 0 aliphatic heterocycles. The standard InChI is InChI=1S/C23H21ClN2O3S2/c1-3-26(4-2)31(28,29)20-12-13-22(24)21(16-20)23(27)25-18-8-5-7-17(15-18)10-11-19-9-6-14-30-19/h5-9,12-16H,3-4H2,1-2H3,(H,25,27). The second-order valence-corrected chi connectivity index (χ2v) is 9.79. The SMILES string of the molecule is CCN(CC)S(=O)(=O)c1ccc(Cl)c(C(=O)Nc2cccc(C#Cc3cccs3)c2)c1. The van der Waals surface area contributed by atoms with Crippen molar-refractivity contribution in [3.05, 3.63) is 81.0 Å². The molecular formula is C23H21ClN2O3S2. The van der Waals surface area contributed by atoms with E-state index < -0.39 is 15.9 Å². The zero-order valence-electron chi connectivity index (χ0n) is 17.1. The predicted molar refractivity (Wildman–Crippen MR) is 126 cm³/mol. The van der Waals surface area contributed by atoms with Crippen molar-refractivity contribution in [2.24, 2.45) is 0 Å². The maximum atomic E-state index is 12.8. The van der Waals surface area contributed by atoms with Crippen LogP contribution in [0.5, 0.6) is 0 Å². The van der Waals surface area contributed by atoms with Gasteiger partial charge in [0.1, 0.15) is 0 Å². The molecule has 5 nitrogen and oxygen atoms in total. The molecule has 8 heteroatoms. The minimum absolute atomic E-state index is 0.0290. The van der Waals surface area contributed by atoms with Gasteiger partial charge in [0.05, 0.1) is 20.4 Å². The van der Waals surface area contributed by atoms with E-state index in [1.807, 2.05) is 23.6 Å². The maximum absolute atomic E-state index is 12.8. The lowest BCUT2D eigenvalue weighted by Gasteiger charge is -2.19. The molecule has 0 aliphatic carbocycles. The summed E-state index contributed by atoms with van der Waals surface area (Å²) in [6.07, 6.45) is 0. The fourth-order valence-electron chi connectivity index (χ4n) is 2.91. The monoisotopic (exact) mass is 472 g/mol. The van der Waals surface area contributed by atoms with Crippen molar-refractivity contribution in [3.8, 4) is 11.8 Å². The molecule has 0 atom stereocenters. The highest BCUT2D eigenvalue weighted by atomic mass is 35.5. The molecule has 1 aromatic heterocycles. The number of nitrogens with zero attached hydrogens (tertiary/aromatic N) is 1. The largest absolute Gasteiger partial charge is 0.322 e. The van der Waals surface area contributed by atoms with Crippen molar-refractivity contribution in [1.29, 1.82) is 0 Å². The number of carbonyl (C=O) groups excluding carboxylic acids is 1. The number of halogens is 1. The Morgan fingerprint density at radius 3 is 2.52 bits per heavy atom. The molecule has 31 heavy (non-hydrogen) atoms. The first kappa shape index (κ1) is 23.0. The fraction of sp³-hybridized carbons (Fsp3) is 0.174. The number of sulfonamides is 1. The van der Waals surface area contributed by atoms with Gasteiger partial charge in [-0.3, -0.25) is 4.79 Å². The third-order valence-electron chi connectivity index (χ3n) is 4.50. The van der Waals surface area contributed by atoms with E-state index in [9.17, 15) is 13.2 Å². The summed E-state index contributed by atoms with van der Waals surface area (Å²) >= 11 is 7.76. The lowest BCUT2D eigenvalue weighted by atomic mass is 10.1. The number of carbonyl (C=O) groups is 1. The van der Waals surface area contributed by atoms with E-state index in [0.717, 1.165) is 10.4 Å². The van der Waals surface area contributed by atoms with Gasteiger partial charge < -0.3 is 5.32 Å². The van der Waals surface area contributed by atoms with E-state index in [1.165, 1.54) is 22.5 Å². The summed E-state index contributed by atoms with van der Waals surface area (Å²) in [6.45, 7) is 4.20. The van der Waals surface area contributed by atoms with Gasteiger partial charge >= 0.3 is 0 Å². The van der Waals surface area contributed by atoms with Gasteiger partial charge in [-0.2, -0.15) is 4.31 Å². The van der Waals surface area contributed by atoms with Crippen LogP contribution in [0.25, 0.3) is 0 Å². The third-order valence-corrected chi connectivity index (χ3v) is 7.66. The zero-order valence-corrected chi connectivity index (χ0v) is 19.4. The van der Waals surface area contributed by atoms with Gasteiger partial charge in [0.15, 0.2) is 0 Å². The van der Waals surface area contributed by atoms with Crippen molar-refractivity contribution >= 4 is 44.6 Å². The van der Waals surface area contributed by atoms with Crippen LogP contribution in [0.15, 0.2) is 64.9 Å². The molecule has 0 saturated carbocycles. The van der Waals surface area contributed by atoms with E-state index in [2.05, 4.69) is 17.2 Å². The Labute approximate surface area is 191 Å². The normalized spacial score (nSPS) is 11.1. The molecule has 1 N–H and O–H groups in total. The third kappa shape index (κ3) is 5.54. The van der Waals surface area contributed by atoms with Crippen LogP contribution >= 0.6 is 22.9 Å². The van der Waals surface area contributed by atoms with Gasteiger partial charge in [-0.1, -0.05) is 49.4 Å². The number of benzene rings is 2. The van der Waals surface area contributed by atoms with Gasteiger partial charge in [-0.05, 0) is 47.8 Å². The molecule has 1 amide bonds. The molecule has 3 rings (SSSR count). The van der Waals surface area contributed by atoms with E-state index in [0.29, 0.717) is 18.8 Å². The smallest absolute Gasteiger partial charge is 0.257 e. The van der Waals surface area contributed by atoms with Crippen LogP contribution < -0.4 is 5.32 Å². The van der Waals surface area contributed by atoms with Gasteiger partial charge in [-0.25, -0.2) is 8.42 Å². The number of thiophene rings is 1. The molecule has 160 valence electrons. The molecule has 0 unspecified atom stereocenters. The maximum Gasteiger partial charge on any atom is 0.257 e. The molecular weight excluding hydrogens is 452 g/mol. The van der Waals surface area contributed by atoms with Crippen LogP contribution in [0.4, 0.5) is 5.69 Å². The average molecular weight is 473 g/mol. The number of hydrogen-bond donors (Lipinski definition) is 1. The van der Waals surface area contributed by atoms with Gasteiger partial charge in [0, 0.05) is 24.3 Å². The molecule has 1 heterocycles. The van der Waals surface area contributed by atoms with Crippen LogP contribution in [0.1, 0.15) is 34.6 Å². The molecule has 0 bridgehead atoms. The summed E-state index contributed by atoms with van der Waals surface area (Å²) in [7, 11) is -3.71. The van der Waals surface area contributed by atoms with Crippen LogP contribution in [-0.4, -0.2) is 31.7 Å². The van der Waals surface area contributed by atoms with Crippen molar-refractivity contribution in [2.45, 2.75) is 18.7 Å². The highest BCUT2D eigenvalue weighted by Gasteiger charge is 2.24. The Kier molecular flexibility index (Phi) is 7.52. The fourth-order valence-corrected chi connectivity index (χ4v) is 5.17. The first-order valence-electron chi connectivity index (χ1n) is 9.61. The summed E-state index contributed by atoms with van der Waals surface area (Å²) in [5, 5.41) is 4.90. The predicted octanol–water partition coefficient (Wildman–Crippen LogP) is 5.08. The highest BCUT2D eigenvalue weighted by Crippen LogP contribution is 2.24. The second kappa shape index (κ2) is 10.1. The Balaban J connectivity index is 1.85. The van der Waals surface area contributed by atoms with E-state index >= 15 is 0 Å². The van der Waals surface area contributed by atoms with Crippen molar-refractivity contribution in [1.82, 2.24) is 4.31 Å². The molecule has 0 spiro atoms. The molecule has 0 saturated heterocycles. The van der Waals surface area contributed by atoms with Gasteiger partial charge in [0.2, 0.25) is 10.0 Å². The van der Waals surface area contributed by atoms with Crippen molar-refractivity contribution in [2.75, 3.05) is 18.4 Å². The summed E-state index contributed by atoms with van der Waals surface area (Å²) < 4.78 is 26.9. The van der Waals surface area contributed by atoms with Crippen LogP contribution in [-0.2, 0) is 10.0 Å². The summed E-state index contributed by atoms with van der Waals surface area (Å²) in [5.41, 5.74) is 1.37. The first-order chi connectivity index (χ1) is 14.8. The minimum atomic E-state index is -3.71. The van der Waals surface area contributed by atoms with Crippen molar-refractivity contribution in [3.63, 3.8) is 0 Å². The average Bonchev–Trinajstić information content (AvgIpc) is 3.27. The molecule has 0 radical (unpaired) electrons. The minimum Gasteiger partial charge on any atom is -0.322 e. The van der Waals surface area contributed by atoms with Gasteiger partial charge in [-0.15, -0.1) is 11.3 Å². The number of hydrogen-bond acceptors (Lipinski definition) is 4. The molecule has 0 fully saturated rings. The van der Waals surface area contributed by atoms with Crippen molar-refractivity contribution < 1.29 is 13.2 Å². The summed E-state index contributed by atoms with van der Waals surface area (Å²) in [5.74, 6) is 5.64. The quantitative estimate of drug-likeness (QED) is 0.508. The first-order valence-corrected chi connectivity index (χ1v) is 12.3. The van der Waals surface area contributed by atoms with Crippen LogP contribution in [0.3, 0.4) is 0 Å². The lowest BCUT2D eigenvalue weighted by Crippen LogP contribution is -2.30. The number of amides is 1. The Hall–Kier alpha value is -2.63. The Morgan fingerprint density at radius 2 is 1.84 bits per heavy atom. The number of anilines is 1. The topological polar surface area (TPSA) is 66.5 Å². The van der Waals surface area contributed by atoms with Crippen LogP contribution in [0.2, 0.25) is 5.02 Å². The Bertz CT molecular complexity index is 1240. The Morgan fingerprint density at radius 1 is 1.06 bits per heavy atom. The number of rotatable bonds is 6. The number of nitrogens with one attached hydrogen (secondary N) is 1. The molecule has 2 aromatic carbocycles. The zero-order chi connectivity index (χ0) is 22.4. The van der Waals surface area contributed by atoms with E-state index in [-0.39, 0.29) is 15.5 Å². The van der Waals surface area contributed by atoms with E-state index in [4.69, 9.17) is 11.6 Å². The summed E-state index contributed by atoms with van der Waals surface area (Å²) in [4.78, 5) is 13.8. The lowest BCUT2D eigenvalue weighted by molar-refractivity contribution is 0.102. The highest BCUT2D eigenvalue weighted by molar-refractivity contribution is 7.89. The molecule has 3 aromatic rings. The van der Waals surface area contributed by atoms with Crippen LogP contribution in [0, 0.1) is 11.8 Å². The van der Waals surface area contributed by atoms with E-state index in [1.54, 1.807) is 43.4 Å². The molecule has 0 aliphatic rings. The second-order valence-electron chi connectivity index (χ2n) is 6.49. The summed E-state index contributed by atoms with van der Waals surface area (Å²) in [6, 6.07) is 15.1. The van der Waals surface area contributed by atoms with Gasteiger partial charge in [0.25, 0.3) is 5.91 Å².